The predicted octanol–water partition coefficient (Wildman–Crippen LogP) is 4.67. The zero-order valence-electron chi connectivity index (χ0n) is 18.2. The lowest BCUT2D eigenvalue weighted by atomic mass is 9.71. The summed E-state index contributed by atoms with van der Waals surface area (Å²) in [4.78, 5) is 11.6. The molecule has 2 aliphatic rings. The highest BCUT2D eigenvalue weighted by Crippen LogP contribution is 2.69. The lowest BCUT2D eigenvalue weighted by Crippen LogP contribution is -2.52. The first-order valence-electron chi connectivity index (χ1n) is 10.6. The molecule has 1 heterocycles. The van der Waals surface area contributed by atoms with Gasteiger partial charge >= 0.3 is 0 Å². The Morgan fingerprint density at radius 2 is 1.79 bits per heavy atom. The number of benzene rings is 3. The molecule has 0 radical (unpaired) electrons. The van der Waals surface area contributed by atoms with E-state index in [0.29, 0.717) is 35.7 Å². The van der Waals surface area contributed by atoms with E-state index in [0.717, 1.165) is 15.6 Å². The molecule has 1 aliphatic carbocycles. The van der Waals surface area contributed by atoms with E-state index >= 15 is 0 Å². The quantitative estimate of drug-likeness (QED) is 0.485. The highest BCUT2D eigenvalue weighted by molar-refractivity contribution is 9.10. The molecule has 6 nitrogen and oxygen atoms in total. The van der Waals surface area contributed by atoms with Crippen LogP contribution >= 0.6 is 15.9 Å². The molecule has 0 aromatic heterocycles. The van der Waals surface area contributed by atoms with E-state index in [1.165, 1.54) is 7.11 Å². The maximum absolute atomic E-state index is 12.6. The lowest BCUT2D eigenvalue weighted by Gasteiger charge is -2.41. The Balaban J connectivity index is 1.84. The number of aliphatic hydroxyl groups is 1. The number of fused-ring (bicyclic) bond motifs is 3. The van der Waals surface area contributed by atoms with Crippen LogP contribution in [-0.4, -0.2) is 31.9 Å². The summed E-state index contributed by atoms with van der Waals surface area (Å²) in [6.45, 7) is 0.385. The molecule has 1 fully saturated rings. The van der Waals surface area contributed by atoms with Crippen LogP contribution in [0.4, 0.5) is 0 Å². The molecule has 5 rings (SSSR count). The molecule has 0 amide bonds. The van der Waals surface area contributed by atoms with Gasteiger partial charge in [0.05, 0.1) is 19.8 Å². The van der Waals surface area contributed by atoms with Crippen molar-refractivity contribution >= 4 is 22.4 Å². The van der Waals surface area contributed by atoms with E-state index in [-0.39, 0.29) is 5.92 Å². The van der Waals surface area contributed by atoms with Crippen LogP contribution in [0.1, 0.15) is 29.0 Å². The van der Waals surface area contributed by atoms with Gasteiger partial charge in [0.2, 0.25) is 0 Å². The van der Waals surface area contributed by atoms with Gasteiger partial charge in [0, 0.05) is 22.5 Å². The van der Waals surface area contributed by atoms with Crippen molar-refractivity contribution in [3.63, 3.8) is 0 Å². The number of ether oxygens (including phenoxy) is 4. The number of rotatable bonds is 6. The molecular formula is C26H23BrO6. The second kappa shape index (κ2) is 8.08. The Labute approximate surface area is 200 Å². The maximum Gasteiger partial charge on any atom is 0.293 e. The van der Waals surface area contributed by atoms with Gasteiger partial charge in [-0.3, -0.25) is 4.79 Å². The number of hydrogen-bond acceptors (Lipinski definition) is 6. The summed E-state index contributed by atoms with van der Waals surface area (Å²) in [5.41, 5.74) is -0.815. The zero-order valence-corrected chi connectivity index (χ0v) is 19.7. The van der Waals surface area contributed by atoms with Crippen molar-refractivity contribution in [2.24, 2.45) is 0 Å². The highest BCUT2D eigenvalue weighted by atomic mass is 79.9. The summed E-state index contributed by atoms with van der Waals surface area (Å²) in [6, 6.07) is 20.9. The second-order valence-electron chi connectivity index (χ2n) is 8.23. The van der Waals surface area contributed by atoms with Crippen LogP contribution < -0.4 is 14.2 Å². The first-order chi connectivity index (χ1) is 16.0. The fraction of sp³-hybridized carbons (Fsp3) is 0.269. The van der Waals surface area contributed by atoms with Gasteiger partial charge in [-0.05, 0) is 29.7 Å². The van der Waals surface area contributed by atoms with Crippen molar-refractivity contribution < 1.29 is 28.8 Å². The molecule has 1 saturated carbocycles. The lowest BCUT2D eigenvalue weighted by molar-refractivity contribution is -0.171. The van der Waals surface area contributed by atoms with E-state index in [9.17, 15) is 9.90 Å². The fourth-order valence-corrected chi connectivity index (χ4v) is 5.74. The molecule has 33 heavy (non-hydrogen) atoms. The second-order valence-corrected chi connectivity index (χ2v) is 9.15. The van der Waals surface area contributed by atoms with E-state index in [1.54, 1.807) is 19.2 Å². The van der Waals surface area contributed by atoms with Crippen molar-refractivity contribution in [2.45, 2.75) is 29.6 Å². The van der Waals surface area contributed by atoms with Crippen LogP contribution in [0.3, 0.4) is 0 Å². The average Bonchev–Trinajstić information content (AvgIpc) is 3.25. The third kappa shape index (κ3) is 2.99. The van der Waals surface area contributed by atoms with Gasteiger partial charge in [-0.25, -0.2) is 0 Å². The van der Waals surface area contributed by atoms with Crippen molar-refractivity contribution in [1.82, 2.24) is 0 Å². The molecule has 170 valence electrons. The summed E-state index contributed by atoms with van der Waals surface area (Å²) >= 11 is 3.49. The highest BCUT2D eigenvalue weighted by Gasteiger charge is 2.74. The summed E-state index contributed by atoms with van der Waals surface area (Å²) in [5.74, 6) is 1.04. The van der Waals surface area contributed by atoms with Gasteiger partial charge in [0.15, 0.2) is 11.2 Å². The minimum atomic E-state index is -1.71. The van der Waals surface area contributed by atoms with Gasteiger partial charge in [-0.15, -0.1) is 0 Å². The van der Waals surface area contributed by atoms with Crippen molar-refractivity contribution in [3.05, 3.63) is 87.9 Å². The number of halogens is 1. The molecule has 3 aromatic carbocycles. The Kier molecular flexibility index (Phi) is 5.34. The minimum absolute atomic E-state index is 0.321. The first-order valence-corrected chi connectivity index (χ1v) is 11.4. The monoisotopic (exact) mass is 510 g/mol. The van der Waals surface area contributed by atoms with Crippen LogP contribution in [0.15, 0.2) is 71.2 Å². The van der Waals surface area contributed by atoms with Gasteiger partial charge in [-0.2, -0.15) is 0 Å². The molecule has 0 unspecified atom stereocenters. The molecule has 1 N–H and O–H groups in total. The smallest absolute Gasteiger partial charge is 0.293 e. The third-order valence-electron chi connectivity index (χ3n) is 6.81. The molecule has 0 bridgehead atoms. The topological polar surface area (TPSA) is 74.2 Å². The van der Waals surface area contributed by atoms with Crippen LogP contribution in [0.2, 0.25) is 0 Å². The van der Waals surface area contributed by atoms with Gasteiger partial charge in [0.1, 0.15) is 23.4 Å². The maximum atomic E-state index is 12.6. The van der Waals surface area contributed by atoms with Gasteiger partial charge < -0.3 is 24.1 Å². The van der Waals surface area contributed by atoms with Crippen LogP contribution in [0.5, 0.6) is 17.2 Å². The van der Waals surface area contributed by atoms with Crippen molar-refractivity contribution in [2.75, 3.05) is 14.2 Å². The van der Waals surface area contributed by atoms with Crippen LogP contribution in [-0.2, 0) is 20.7 Å². The predicted molar refractivity (Wildman–Crippen MR) is 125 cm³/mol. The van der Waals surface area contributed by atoms with E-state index in [1.807, 2.05) is 54.6 Å². The number of hydrogen-bond donors (Lipinski definition) is 1. The molecule has 1 aliphatic heterocycles. The Hall–Kier alpha value is -3.03. The Morgan fingerprint density at radius 3 is 2.42 bits per heavy atom. The molecule has 0 spiro atoms. The number of methoxy groups -OCH3 is 2. The number of carbonyl (C=O) groups is 1. The van der Waals surface area contributed by atoms with E-state index in [4.69, 9.17) is 18.9 Å². The number of carbonyl (C=O) groups excluding carboxylic acids is 1. The third-order valence-corrected chi connectivity index (χ3v) is 7.34. The molecule has 3 aromatic rings. The van der Waals surface area contributed by atoms with Crippen molar-refractivity contribution in [1.29, 1.82) is 0 Å². The first kappa shape index (κ1) is 21.8. The minimum Gasteiger partial charge on any atom is -0.496 e. The average molecular weight is 511 g/mol. The van der Waals surface area contributed by atoms with Gasteiger partial charge in [-0.1, -0.05) is 58.4 Å². The molecule has 4 atom stereocenters. The largest absolute Gasteiger partial charge is 0.496 e. The van der Waals surface area contributed by atoms with Gasteiger partial charge in [0.25, 0.3) is 6.47 Å². The van der Waals surface area contributed by atoms with Crippen LogP contribution in [0, 0.1) is 0 Å². The molecule has 0 saturated heterocycles. The normalized spacial score (nSPS) is 27.3. The summed E-state index contributed by atoms with van der Waals surface area (Å²) in [5, 5.41) is 12.6. The summed E-state index contributed by atoms with van der Waals surface area (Å²) < 4.78 is 24.3. The van der Waals surface area contributed by atoms with Crippen molar-refractivity contribution in [3.8, 4) is 17.2 Å². The summed E-state index contributed by atoms with van der Waals surface area (Å²) in [6.07, 6.45) is -0.503. The Bertz CT molecular complexity index is 1180. The molecule has 7 heteroatoms. The fourth-order valence-electron chi connectivity index (χ4n) is 5.48. The van der Waals surface area contributed by atoms with E-state index in [2.05, 4.69) is 15.9 Å². The van der Waals surface area contributed by atoms with Crippen LogP contribution in [0.25, 0.3) is 0 Å². The molecular weight excluding hydrogens is 488 g/mol. The summed E-state index contributed by atoms with van der Waals surface area (Å²) in [7, 11) is 3.08. The standard InChI is InChI=1S/C26H23BrO6/c1-30-19-12-21(31-2)24-22(13-19)33-26(17-8-10-18(27)11-9-17)20(16-6-4-3-5-7-16)14-23(32-15-28)25(24,26)29/h3-13,15,20,23,29H,14H2,1-2H3/t20-,23+,25+,26-/m0/s1. The Morgan fingerprint density at radius 1 is 1.06 bits per heavy atom. The zero-order chi connectivity index (χ0) is 23.2. The SMILES string of the molecule is COc1cc(OC)c2c(c1)O[C@@]1(c3ccc(Br)cc3)[C@H](c3ccccc3)C[C@@H](OC=O)[C@@]21O. The van der Waals surface area contributed by atoms with E-state index < -0.39 is 17.3 Å².